The molecule has 1 aromatic rings. The van der Waals surface area contributed by atoms with Gasteiger partial charge in [0.25, 0.3) is 0 Å². The molecule has 1 aromatic heterocycles. The summed E-state index contributed by atoms with van der Waals surface area (Å²) < 4.78 is 2.22. The largest absolute Gasteiger partial charge is 0.335 e. The lowest BCUT2D eigenvalue weighted by atomic mass is 10.3. The van der Waals surface area contributed by atoms with Gasteiger partial charge < -0.3 is 4.57 Å². The molecule has 1 heterocycles. The van der Waals surface area contributed by atoms with Crippen LogP contribution in [0.2, 0.25) is 0 Å². The molecular weight excluding hydrogens is 136 g/mol. The van der Waals surface area contributed by atoms with E-state index in [0.29, 0.717) is 0 Å². The monoisotopic (exact) mass is 152 g/mol. The molecule has 1 rings (SSSR count). The summed E-state index contributed by atoms with van der Waals surface area (Å²) in [4.78, 5) is 4.33. The minimum absolute atomic E-state index is 1.11. The third-order valence-electron chi connectivity index (χ3n) is 1.85. The molecule has 0 spiro atoms. The summed E-state index contributed by atoms with van der Waals surface area (Å²) >= 11 is 0. The second-order valence-electron chi connectivity index (χ2n) is 2.98. The van der Waals surface area contributed by atoms with E-state index in [9.17, 15) is 0 Å². The van der Waals surface area contributed by atoms with E-state index in [1.54, 1.807) is 0 Å². The van der Waals surface area contributed by atoms with E-state index in [1.165, 1.54) is 12.8 Å². The Bertz CT molecular complexity index is 225. The minimum atomic E-state index is 1.11. The predicted octanol–water partition coefficient (Wildman–Crippen LogP) is 2.30. The zero-order valence-corrected chi connectivity index (χ0v) is 7.59. The first-order valence-corrected chi connectivity index (χ1v) is 4.24. The van der Waals surface area contributed by atoms with Crippen LogP contribution in [0.5, 0.6) is 0 Å². The molecule has 0 unspecified atom stereocenters. The molecule has 62 valence electrons. The van der Waals surface area contributed by atoms with Gasteiger partial charge in [0, 0.05) is 12.7 Å². The number of unbranched alkanes of at least 4 members (excludes halogenated alkanes) is 1. The van der Waals surface area contributed by atoms with Gasteiger partial charge in [0.2, 0.25) is 0 Å². The first-order valence-electron chi connectivity index (χ1n) is 4.24. The van der Waals surface area contributed by atoms with Crippen LogP contribution in [-0.2, 0) is 6.54 Å². The van der Waals surface area contributed by atoms with Crippen molar-refractivity contribution in [1.29, 1.82) is 0 Å². The summed E-state index contributed by atoms with van der Waals surface area (Å²) in [5, 5.41) is 0. The smallest absolute Gasteiger partial charge is 0.105 e. The Hall–Kier alpha value is -0.790. The maximum atomic E-state index is 4.33. The number of nitrogens with zero attached hydrogens (tertiary/aromatic N) is 2. The number of rotatable bonds is 3. The number of aromatic nitrogens is 2. The number of hydrogen-bond acceptors (Lipinski definition) is 1. The number of imidazole rings is 1. The van der Waals surface area contributed by atoms with Gasteiger partial charge in [-0.25, -0.2) is 4.98 Å². The van der Waals surface area contributed by atoms with E-state index in [1.807, 2.05) is 6.92 Å². The van der Waals surface area contributed by atoms with Crippen LogP contribution in [0, 0.1) is 13.8 Å². The van der Waals surface area contributed by atoms with Crippen molar-refractivity contribution in [3.05, 3.63) is 17.7 Å². The van der Waals surface area contributed by atoms with Gasteiger partial charge in [-0.05, 0) is 20.3 Å². The summed E-state index contributed by atoms with van der Waals surface area (Å²) in [6, 6.07) is 0. The topological polar surface area (TPSA) is 17.8 Å². The van der Waals surface area contributed by atoms with Crippen LogP contribution in [0.15, 0.2) is 6.20 Å². The second-order valence-corrected chi connectivity index (χ2v) is 2.98. The highest BCUT2D eigenvalue weighted by Gasteiger charge is 1.97. The summed E-state index contributed by atoms with van der Waals surface area (Å²) in [7, 11) is 0. The highest BCUT2D eigenvalue weighted by Crippen LogP contribution is 2.02. The van der Waals surface area contributed by atoms with Gasteiger partial charge in [0.1, 0.15) is 5.82 Å². The molecule has 2 heteroatoms. The number of aryl methyl sites for hydroxylation is 3. The van der Waals surface area contributed by atoms with E-state index >= 15 is 0 Å². The van der Waals surface area contributed by atoms with Crippen molar-refractivity contribution < 1.29 is 0 Å². The fourth-order valence-corrected chi connectivity index (χ4v) is 1.22. The average Bonchev–Trinajstić information content (AvgIpc) is 2.26. The molecule has 0 aliphatic heterocycles. The maximum absolute atomic E-state index is 4.33. The van der Waals surface area contributed by atoms with Crippen LogP contribution in [0.25, 0.3) is 0 Å². The Morgan fingerprint density at radius 2 is 2.18 bits per heavy atom. The van der Waals surface area contributed by atoms with Crippen LogP contribution >= 0.6 is 0 Å². The Kier molecular flexibility index (Phi) is 2.69. The molecule has 0 aliphatic rings. The Morgan fingerprint density at radius 1 is 1.45 bits per heavy atom. The zero-order valence-electron chi connectivity index (χ0n) is 7.59. The van der Waals surface area contributed by atoms with Crippen molar-refractivity contribution in [3.8, 4) is 0 Å². The third kappa shape index (κ3) is 2.07. The number of hydrogen-bond donors (Lipinski definition) is 0. The van der Waals surface area contributed by atoms with E-state index in [-0.39, 0.29) is 0 Å². The highest BCUT2D eigenvalue weighted by atomic mass is 15.1. The molecule has 0 bridgehead atoms. The van der Waals surface area contributed by atoms with Gasteiger partial charge in [-0.3, -0.25) is 0 Å². The first-order chi connectivity index (χ1) is 5.24. The van der Waals surface area contributed by atoms with Crippen molar-refractivity contribution in [2.45, 2.75) is 40.2 Å². The molecule has 0 N–H and O–H groups in total. The summed E-state index contributed by atoms with van der Waals surface area (Å²) in [6.45, 7) is 7.42. The molecule has 11 heavy (non-hydrogen) atoms. The molecule has 0 saturated heterocycles. The van der Waals surface area contributed by atoms with Crippen LogP contribution < -0.4 is 0 Å². The van der Waals surface area contributed by atoms with Gasteiger partial charge >= 0.3 is 0 Å². The average molecular weight is 152 g/mol. The molecule has 0 saturated carbocycles. The lowest BCUT2D eigenvalue weighted by molar-refractivity contribution is 0.616. The van der Waals surface area contributed by atoms with Crippen molar-refractivity contribution in [2.24, 2.45) is 0 Å². The summed E-state index contributed by atoms with van der Waals surface area (Å²) in [5.74, 6) is 1.14. The lowest BCUT2D eigenvalue weighted by Gasteiger charge is -2.01. The minimum Gasteiger partial charge on any atom is -0.335 e. The highest BCUT2D eigenvalue weighted by molar-refractivity contribution is 4.99. The lowest BCUT2D eigenvalue weighted by Crippen LogP contribution is -1.97. The molecular formula is C9H16N2. The van der Waals surface area contributed by atoms with Gasteiger partial charge in [-0.1, -0.05) is 13.3 Å². The first kappa shape index (κ1) is 8.31. The predicted molar refractivity (Wildman–Crippen MR) is 46.6 cm³/mol. The van der Waals surface area contributed by atoms with E-state index < -0.39 is 0 Å². The van der Waals surface area contributed by atoms with Gasteiger partial charge in [0.05, 0.1) is 5.69 Å². The van der Waals surface area contributed by atoms with Gasteiger partial charge in [0.15, 0.2) is 0 Å². The van der Waals surface area contributed by atoms with E-state index in [0.717, 1.165) is 18.1 Å². The van der Waals surface area contributed by atoms with Crippen molar-refractivity contribution >= 4 is 0 Å². The Balaban J connectivity index is 2.62. The molecule has 0 radical (unpaired) electrons. The second kappa shape index (κ2) is 3.56. The van der Waals surface area contributed by atoms with Crippen molar-refractivity contribution in [1.82, 2.24) is 9.55 Å². The summed E-state index contributed by atoms with van der Waals surface area (Å²) in [6.07, 6.45) is 4.61. The van der Waals surface area contributed by atoms with Crippen molar-refractivity contribution in [2.75, 3.05) is 0 Å². The van der Waals surface area contributed by atoms with Crippen LogP contribution in [0.1, 0.15) is 31.3 Å². The van der Waals surface area contributed by atoms with E-state index in [2.05, 4.69) is 29.6 Å². The molecule has 0 aromatic carbocycles. The molecule has 0 atom stereocenters. The Morgan fingerprint density at radius 3 is 2.64 bits per heavy atom. The maximum Gasteiger partial charge on any atom is 0.105 e. The van der Waals surface area contributed by atoms with Crippen molar-refractivity contribution in [3.63, 3.8) is 0 Å². The standard InChI is InChI=1S/C9H16N2/c1-4-5-6-11-7-8(2)10-9(11)3/h7H,4-6H2,1-3H3. The quantitative estimate of drug-likeness (QED) is 0.649. The molecule has 0 fully saturated rings. The van der Waals surface area contributed by atoms with Crippen LogP contribution in [0.4, 0.5) is 0 Å². The fraction of sp³-hybridized carbons (Fsp3) is 0.667. The molecule has 0 aliphatic carbocycles. The zero-order chi connectivity index (χ0) is 8.27. The van der Waals surface area contributed by atoms with E-state index in [4.69, 9.17) is 0 Å². The normalized spacial score (nSPS) is 10.5. The Labute approximate surface area is 68.3 Å². The summed E-state index contributed by atoms with van der Waals surface area (Å²) in [5.41, 5.74) is 1.12. The van der Waals surface area contributed by atoms with Gasteiger partial charge in [-0.2, -0.15) is 0 Å². The van der Waals surface area contributed by atoms with Crippen LogP contribution in [0.3, 0.4) is 0 Å². The molecule has 0 amide bonds. The fourth-order valence-electron chi connectivity index (χ4n) is 1.22. The van der Waals surface area contributed by atoms with Crippen LogP contribution in [-0.4, -0.2) is 9.55 Å². The third-order valence-corrected chi connectivity index (χ3v) is 1.85. The molecule has 2 nitrogen and oxygen atoms in total. The SMILES string of the molecule is CCCCn1cc(C)nc1C. The van der Waals surface area contributed by atoms with Gasteiger partial charge in [-0.15, -0.1) is 0 Å².